The highest BCUT2D eigenvalue weighted by Crippen LogP contribution is 2.30. The van der Waals surface area contributed by atoms with Crippen molar-refractivity contribution in [2.45, 2.75) is 61.6 Å². The van der Waals surface area contributed by atoms with Gasteiger partial charge < -0.3 is 19.1 Å². The molecule has 0 bridgehead atoms. The molecule has 12 nitrogen and oxygen atoms in total. The molecule has 4 aromatic rings. The molecular formula is C34H43N5O7. The van der Waals surface area contributed by atoms with Gasteiger partial charge in [0.15, 0.2) is 11.6 Å². The maximum Gasteiger partial charge on any atom is 0.327 e. The average Bonchev–Trinajstić information content (AvgIpc) is 3.54. The van der Waals surface area contributed by atoms with Crippen LogP contribution in [0.25, 0.3) is 21.8 Å². The van der Waals surface area contributed by atoms with E-state index in [1.807, 2.05) is 48.5 Å². The highest BCUT2D eigenvalue weighted by Gasteiger charge is 2.30. The van der Waals surface area contributed by atoms with E-state index in [4.69, 9.17) is 14.2 Å². The van der Waals surface area contributed by atoms with Gasteiger partial charge in [-0.1, -0.05) is 41.5 Å². The summed E-state index contributed by atoms with van der Waals surface area (Å²) in [6.07, 6.45) is 0. The van der Waals surface area contributed by atoms with E-state index in [0.717, 1.165) is 0 Å². The van der Waals surface area contributed by atoms with Gasteiger partial charge in [-0.05, 0) is 31.2 Å². The monoisotopic (exact) mass is 633 g/mol. The van der Waals surface area contributed by atoms with Gasteiger partial charge in [0, 0.05) is 40.3 Å². The number of hydrogen-bond acceptors (Lipinski definition) is 9. The number of aromatic nitrogens is 4. The predicted octanol–water partition coefficient (Wildman–Crippen LogP) is 4.95. The third kappa shape index (κ3) is 7.21. The SMILES string of the molecule is CCN(CCOC(=O)Cn1nc(C(=O)C(C)(C)C)c2ccc(OC)cc21)C(=O)Cn1nc(C(=O)C(C)(C)C)c2ccc(OC)cc21. The van der Waals surface area contributed by atoms with Crippen LogP contribution >= 0.6 is 0 Å². The van der Waals surface area contributed by atoms with E-state index in [1.165, 1.54) is 16.5 Å². The van der Waals surface area contributed by atoms with E-state index in [1.54, 1.807) is 48.4 Å². The molecule has 0 aliphatic rings. The molecular weight excluding hydrogens is 590 g/mol. The van der Waals surface area contributed by atoms with Crippen molar-refractivity contribution in [3.05, 3.63) is 47.8 Å². The van der Waals surface area contributed by atoms with Gasteiger partial charge in [0.1, 0.15) is 42.6 Å². The topological polar surface area (TPSA) is 135 Å². The smallest absolute Gasteiger partial charge is 0.327 e. The lowest BCUT2D eigenvalue weighted by Gasteiger charge is -2.21. The third-order valence-electron chi connectivity index (χ3n) is 7.63. The third-order valence-corrected chi connectivity index (χ3v) is 7.63. The van der Waals surface area contributed by atoms with Crippen molar-refractivity contribution in [3.63, 3.8) is 0 Å². The van der Waals surface area contributed by atoms with E-state index < -0.39 is 16.8 Å². The highest BCUT2D eigenvalue weighted by molar-refractivity contribution is 6.09. The summed E-state index contributed by atoms with van der Waals surface area (Å²) in [6, 6.07) is 10.5. The second kappa shape index (κ2) is 13.3. The zero-order valence-electron chi connectivity index (χ0n) is 28.1. The van der Waals surface area contributed by atoms with Crippen molar-refractivity contribution in [3.8, 4) is 11.5 Å². The van der Waals surface area contributed by atoms with Crippen LogP contribution in [-0.2, 0) is 27.4 Å². The molecule has 0 unspecified atom stereocenters. The van der Waals surface area contributed by atoms with Crippen LogP contribution in [0.2, 0.25) is 0 Å². The lowest BCUT2D eigenvalue weighted by molar-refractivity contribution is -0.146. The van der Waals surface area contributed by atoms with E-state index in [2.05, 4.69) is 10.2 Å². The Kier molecular flexibility index (Phi) is 9.88. The Morgan fingerprint density at radius 3 is 1.61 bits per heavy atom. The molecule has 246 valence electrons. The molecule has 0 saturated heterocycles. The summed E-state index contributed by atoms with van der Waals surface area (Å²) < 4.78 is 19.2. The molecule has 12 heteroatoms. The van der Waals surface area contributed by atoms with E-state index in [0.29, 0.717) is 45.5 Å². The van der Waals surface area contributed by atoms with Crippen LogP contribution in [0.5, 0.6) is 11.5 Å². The van der Waals surface area contributed by atoms with Crippen LogP contribution in [0.3, 0.4) is 0 Å². The number of nitrogens with zero attached hydrogens (tertiary/aromatic N) is 5. The minimum Gasteiger partial charge on any atom is -0.497 e. The summed E-state index contributed by atoms with van der Waals surface area (Å²) in [4.78, 5) is 54.1. The summed E-state index contributed by atoms with van der Waals surface area (Å²) >= 11 is 0. The first-order chi connectivity index (χ1) is 21.6. The van der Waals surface area contributed by atoms with Crippen LogP contribution < -0.4 is 9.47 Å². The predicted molar refractivity (Wildman–Crippen MR) is 173 cm³/mol. The molecule has 2 heterocycles. The van der Waals surface area contributed by atoms with Crippen LogP contribution in [-0.4, -0.2) is 81.8 Å². The number of carbonyl (C=O) groups excluding carboxylic acids is 4. The fourth-order valence-corrected chi connectivity index (χ4v) is 4.97. The number of hydrogen-bond donors (Lipinski definition) is 0. The molecule has 0 spiro atoms. The minimum absolute atomic E-state index is 0.0455. The molecule has 46 heavy (non-hydrogen) atoms. The van der Waals surface area contributed by atoms with Gasteiger partial charge in [-0.2, -0.15) is 10.2 Å². The summed E-state index contributed by atoms with van der Waals surface area (Å²) in [5, 5.41) is 10.3. The first-order valence-corrected chi connectivity index (χ1v) is 15.2. The summed E-state index contributed by atoms with van der Waals surface area (Å²) in [6.45, 7) is 12.9. The number of ketones is 2. The molecule has 0 atom stereocenters. The fourth-order valence-electron chi connectivity index (χ4n) is 4.97. The molecule has 2 aromatic carbocycles. The van der Waals surface area contributed by atoms with E-state index in [9.17, 15) is 19.2 Å². The Morgan fingerprint density at radius 2 is 1.20 bits per heavy atom. The first kappa shape index (κ1) is 34.1. The summed E-state index contributed by atoms with van der Waals surface area (Å²) in [5.41, 5.74) is 0.425. The van der Waals surface area contributed by atoms with Crippen LogP contribution in [0.1, 0.15) is 69.4 Å². The van der Waals surface area contributed by atoms with Gasteiger partial charge in [0.05, 0.1) is 31.8 Å². The van der Waals surface area contributed by atoms with Gasteiger partial charge in [0.25, 0.3) is 0 Å². The molecule has 0 radical (unpaired) electrons. The molecule has 0 aliphatic carbocycles. The van der Waals surface area contributed by atoms with Crippen LogP contribution in [0.15, 0.2) is 36.4 Å². The number of Topliss-reactive ketones (excluding diaryl/α,β-unsaturated/α-hetero) is 2. The Bertz CT molecular complexity index is 1790. The summed E-state index contributed by atoms with van der Waals surface area (Å²) in [5.74, 6) is 0.0363. The number of methoxy groups -OCH3 is 2. The number of rotatable bonds is 12. The number of carbonyl (C=O) groups is 4. The second-order valence-electron chi connectivity index (χ2n) is 13.1. The van der Waals surface area contributed by atoms with Crippen molar-refractivity contribution >= 4 is 45.2 Å². The van der Waals surface area contributed by atoms with Gasteiger partial charge in [-0.3, -0.25) is 28.5 Å². The molecule has 0 saturated carbocycles. The van der Waals surface area contributed by atoms with Crippen molar-refractivity contribution in [2.75, 3.05) is 33.9 Å². The summed E-state index contributed by atoms with van der Waals surface area (Å²) in [7, 11) is 3.08. The fraction of sp³-hybridized carbons (Fsp3) is 0.471. The maximum atomic E-state index is 13.4. The van der Waals surface area contributed by atoms with Crippen molar-refractivity contribution in [1.82, 2.24) is 24.5 Å². The van der Waals surface area contributed by atoms with Gasteiger partial charge in [-0.25, -0.2) is 0 Å². The van der Waals surface area contributed by atoms with Crippen LogP contribution in [0, 0.1) is 10.8 Å². The molecule has 2 aromatic heterocycles. The molecule has 4 rings (SSSR count). The Hall–Kier alpha value is -4.74. The zero-order chi connectivity index (χ0) is 34.0. The van der Waals surface area contributed by atoms with E-state index >= 15 is 0 Å². The van der Waals surface area contributed by atoms with Crippen molar-refractivity contribution in [1.29, 1.82) is 0 Å². The van der Waals surface area contributed by atoms with Gasteiger partial charge in [0.2, 0.25) is 5.91 Å². The number of esters is 1. The minimum atomic E-state index is -0.666. The Labute approximate surface area is 268 Å². The van der Waals surface area contributed by atoms with Crippen LogP contribution in [0.4, 0.5) is 0 Å². The van der Waals surface area contributed by atoms with Crippen molar-refractivity contribution < 1.29 is 33.4 Å². The highest BCUT2D eigenvalue weighted by atomic mass is 16.5. The molecule has 0 N–H and O–H groups in total. The maximum absolute atomic E-state index is 13.4. The Balaban J connectivity index is 1.46. The van der Waals surface area contributed by atoms with Gasteiger partial charge >= 0.3 is 5.97 Å². The van der Waals surface area contributed by atoms with E-state index in [-0.39, 0.29) is 49.4 Å². The first-order valence-electron chi connectivity index (χ1n) is 15.2. The lowest BCUT2D eigenvalue weighted by atomic mass is 9.88. The molecule has 1 amide bonds. The number of ether oxygens (including phenoxy) is 3. The average molecular weight is 634 g/mol. The Morgan fingerprint density at radius 1 is 0.739 bits per heavy atom. The number of amides is 1. The number of fused-ring (bicyclic) bond motifs is 2. The quantitative estimate of drug-likeness (QED) is 0.157. The largest absolute Gasteiger partial charge is 0.497 e. The van der Waals surface area contributed by atoms with Gasteiger partial charge in [-0.15, -0.1) is 0 Å². The number of benzene rings is 2. The number of likely N-dealkylation sites (N-methyl/N-ethyl adjacent to an activating group) is 1. The molecule has 0 aliphatic heterocycles. The standard InChI is InChI=1S/C34H43N5O7/c1-10-37(27(40)19-38-25-17-21(44-8)11-13-23(25)29(35-38)31(42)33(2,3)4)15-16-46-28(41)20-39-26-18-22(45-9)12-14-24(26)30(36-39)32(43)34(5,6)7/h11-14,17-18H,10,15-16,19-20H2,1-9H3. The second-order valence-corrected chi connectivity index (χ2v) is 13.1. The lowest BCUT2D eigenvalue weighted by Crippen LogP contribution is -2.37. The molecule has 0 fully saturated rings. The van der Waals surface area contributed by atoms with Crippen molar-refractivity contribution in [2.24, 2.45) is 10.8 Å². The normalized spacial score (nSPS) is 11.9. The zero-order valence-corrected chi connectivity index (χ0v) is 28.1.